The first-order valence-corrected chi connectivity index (χ1v) is 7.26. The van der Waals surface area contributed by atoms with Crippen LogP contribution < -0.4 is 10.6 Å². The summed E-state index contributed by atoms with van der Waals surface area (Å²) in [6.45, 7) is 3.01. The molecule has 0 saturated carbocycles. The Morgan fingerprint density at radius 1 is 1.25 bits per heavy atom. The largest absolute Gasteiger partial charge is 0.384 e. The number of halogens is 1. The number of carbonyl (C=O) groups excluding carboxylic acids is 1. The van der Waals surface area contributed by atoms with Crippen molar-refractivity contribution in [3.05, 3.63) is 52.6 Å². The molecule has 0 radical (unpaired) electrons. The van der Waals surface area contributed by atoms with E-state index in [0.29, 0.717) is 11.4 Å². The van der Waals surface area contributed by atoms with Crippen LogP contribution in [0.15, 0.2) is 47.1 Å². The van der Waals surface area contributed by atoms with Crippen LogP contribution in [0.2, 0.25) is 0 Å². The van der Waals surface area contributed by atoms with Crippen LogP contribution in [0.3, 0.4) is 0 Å². The fourth-order valence-corrected chi connectivity index (χ4v) is 2.14. The van der Waals surface area contributed by atoms with Gasteiger partial charge < -0.3 is 10.6 Å². The van der Waals surface area contributed by atoms with Crippen LogP contribution >= 0.6 is 15.9 Å². The lowest BCUT2D eigenvalue weighted by Gasteiger charge is -2.08. The van der Waals surface area contributed by atoms with E-state index in [0.717, 1.165) is 23.1 Å². The standard InChI is InChI=1S/C15H16BrN3O/c1-2-9-17-11-7-8-14(18-10-11)19-15(20)12-5-3-4-6-13(12)16/h3-8,10,17H,2,9H2,1H3,(H,18,19,20). The minimum Gasteiger partial charge on any atom is -0.384 e. The van der Waals surface area contributed by atoms with Crippen molar-refractivity contribution in [2.24, 2.45) is 0 Å². The van der Waals surface area contributed by atoms with E-state index in [1.165, 1.54) is 0 Å². The molecule has 1 heterocycles. The number of rotatable bonds is 5. The fourth-order valence-electron chi connectivity index (χ4n) is 1.67. The molecule has 0 saturated heterocycles. The van der Waals surface area contributed by atoms with E-state index in [9.17, 15) is 4.79 Å². The molecule has 1 aromatic carbocycles. The van der Waals surface area contributed by atoms with Crippen LogP contribution in [-0.4, -0.2) is 17.4 Å². The zero-order chi connectivity index (χ0) is 14.4. The average Bonchev–Trinajstić information content (AvgIpc) is 2.47. The number of hydrogen-bond acceptors (Lipinski definition) is 3. The Morgan fingerprint density at radius 3 is 2.70 bits per heavy atom. The number of amides is 1. The second-order valence-electron chi connectivity index (χ2n) is 4.29. The summed E-state index contributed by atoms with van der Waals surface area (Å²) in [4.78, 5) is 16.3. The summed E-state index contributed by atoms with van der Waals surface area (Å²) in [6.07, 6.45) is 2.77. The van der Waals surface area contributed by atoms with Crippen LogP contribution in [-0.2, 0) is 0 Å². The van der Waals surface area contributed by atoms with E-state index < -0.39 is 0 Å². The van der Waals surface area contributed by atoms with E-state index in [-0.39, 0.29) is 5.91 Å². The van der Waals surface area contributed by atoms with E-state index in [2.05, 4.69) is 38.5 Å². The number of aromatic nitrogens is 1. The van der Waals surface area contributed by atoms with Crippen LogP contribution in [0.4, 0.5) is 11.5 Å². The third-order valence-electron chi connectivity index (χ3n) is 2.70. The second kappa shape index (κ2) is 7.05. The lowest BCUT2D eigenvalue weighted by molar-refractivity contribution is 0.102. The normalized spacial score (nSPS) is 10.1. The SMILES string of the molecule is CCCNc1ccc(NC(=O)c2ccccc2Br)nc1. The van der Waals surface area contributed by atoms with Crippen molar-refractivity contribution in [3.8, 4) is 0 Å². The summed E-state index contributed by atoms with van der Waals surface area (Å²) < 4.78 is 0.763. The first-order valence-electron chi connectivity index (χ1n) is 6.46. The molecule has 1 amide bonds. The number of pyridine rings is 1. The van der Waals surface area contributed by atoms with Gasteiger partial charge in [0.1, 0.15) is 5.82 Å². The second-order valence-corrected chi connectivity index (χ2v) is 5.15. The first-order chi connectivity index (χ1) is 9.70. The quantitative estimate of drug-likeness (QED) is 0.871. The summed E-state index contributed by atoms with van der Waals surface area (Å²) >= 11 is 3.36. The zero-order valence-electron chi connectivity index (χ0n) is 11.2. The van der Waals surface area contributed by atoms with Crippen molar-refractivity contribution >= 4 is 33.3 Å². The Labute approximate surface area is 126 Å². The summed E-state index contributed by atoms with van der Waals surface area (Å²) in [5.41, 5.74) is 1.54. The number of anilines is 2. The van der Waals surface area contributed by atoms with Crippen molar-refractivity contribution in [3.63, 3.8) is 0 Å². The van der Waals surface area contributed by atoms with Gasteiger partial charge in [0.25, 0.3) is 5.91 Å². The molecule has 1 aromatic heterocycles. The van der Waals surface area contributed by atoms with Gasteiger partial charge in [-0.1, -0.05) is 19.1 Å². The van der Waals surface area contributed by atoms with E-state index in [1.54, 1.807) is 18.3 Å². The third kappa shape index (κ3) is 3.81. The molecule has 0 fully saturated rings. The van der Waals surface area contributed by atoms with E-state index >= 15 is 0 Å². The van der Waals surface area contributed by atoms with Gasteiger partial charge in [-0.15, -0.1) is 0 Å². The monoisotopic (exact) mass is 333 g/mol. The third-order valence-corrected chi connectivity index (χ3v) is 3.39. The topological polar surface area (TPSA) is 54.0 Å². The van der Waals surface area contributed by atoms with Crippen LogP contribution in [0.1, 0.15) is 23.7 Å². The summed E-state index contributed by atoms with van der Waals surface area (Å²) in [5.74, 6) is 0.354. The van der Waals surface area contributed by atoms with Gasteiger partial charge in [0.15, 0.2) is 0 Å². The minimum atomic E-state index is -0.181. The molecule has 20 heavy (non-hydrogen) atoms. The van der Waals surface area contributed by atoms with Crippen molar-refractivity contribution in [2.75, 3.05) is 17.2 Å². The lowest BCUT2D eigenvalue weighted by atomic mass is 10.2. The molecule has 0 spiro atoms. The highest BCUT2D eigenvalue weighted by molar-refractivity contribution is 9.10. The molecule has 0 unspecified atom stereocenters. The average molecular weight is 334 g/mol. The van der Waals surface area contributed by atoms with Crippen LogP contribution in [0, 0.1) is 0 Å². The molecule has 0 aliphatic heterocycles. The predicted molar refractivity (Wildman–Crippen MR) is 85.1 cm³/mol. The Morgan fingerprint density at radius 2 is 2.05 bits per heavy atom. The highest BCUT2D eigenvalue weighted by Crippen LogP contribution is 2.17. The molecular formula is C15H16BrN3O. The molecule has 0 bridgehead atoms. The van der Waals surface area contributed by atoms with Gasteiger partial charge in [-0.25, -0.2) is 4.98 Å². The summed E-state index contributed by atoms with van der Waals surface area (Å²) in [5, 5.41) is 6.01. The zero-order valence-corrected chi connectivity index (χ0v) is 12.8. The minimum absolute atomic E-state index is 0.181. The van der Waals surface area contributed by atoms with Gasteiger partial charge in [0, 0.05) is 11.0 Å². The van der Waals surface area contributed by atoms with Gasteiger partial charge in [-0.05, 0) is 46.6 Å². The van der Waals surface area contributed by atoms with Crippen molar-refractivity contribution in [2.45, 2.75) is 13.3 Å². The molecule has 5 heteroatoms. The smallest absolute Gasteiger partial charge is 0.257 e. The van der Waals surface area contributed by atoms with Gasteiger partial charge in [-0.3, -0.25) is 4.79 Å². The molecule has 104 valence electrons. The van der Waals surface area contributed by atoms with Gasteiger partial charge in [0.2, 0.25) is 0 Å². The Hall–Kier alpha value is -1.88. The Balaban J connectivity index is 2.03. The number of hydrogen-bond donors (Lipinski definition) is 2. The molecule has 2 rings (SSSR count). The maximum absolute atomic E-state index is 12.1. The Kier molecular flexibility index (Phi) is 5.12. The maximum atomic E-state index is 12.1. The van der Waals surface area contributed by atoms with E-state index in [1.807, 2.05) is 24.3 Å². The number of carbonyl (C=O) groups is 1. The summed E-state index contributed by atoms with van der Waals surface area (Å²) in [7, 11) is 0. The van der Waals surface area contributed by atoms with Gasteiger partial charge in [0.05, 0.1) is 17.4 Å². The molecule has 2 aromatic rings. The van der Waals surface area contributed by atoms with Crippen molar-refractivity contribution < 1.29 is 4.79 Å². The maximum Gasteiger partial charge on any atom is 0.257 e. The van der Waals surface area contributed by atoms with Crippen molar-refractivity contribution in [1.82, 2.24) is 4.98 Å². The fraction of sp³-hybridized carbons (Fsp3) is 0.200. The highest BCUT2D eigenvalue weighted by Gasteiger charge is 2.09. The lowest BCUT2D eigenvalue weighted by Crippen LogP contribution is -2.13. The molecular weight excluding hydrogens is 318 g/mol. The number of nitrogens with one attached hydrogen (secondary N) is 2. The number of nitrogens with zero attached hydrogens (tertiary/aromatic N) is 1. The van der Waals surface area contributed by atoms with Crippen LogP contribution in [0.25, 0.3) is 0 Å². The number of benzene rings is 1. The molecule has 0 aliphatic rings. The molecule has 0 atom stereocenters. The Bertz CT molecular complexity index is 584. The summed E-state index contributed by atoms with van der Waals surface area (Å²) in [6, 6.07) is 11.0. The van der Waals surface area contributed by atoms with Gasteiger partial charge >= 0.3 is 0 Å². The molecule has 2 N–H and O–H groups in total. The van der Waals surface area contributed by atoms with Crippen LogP contribution in [0.5, 0.6) is 0 Å². The van der Waals surface area contributed by atoms with Crippen molar-refractivity contribution in [1.29, 1.82) is 0 Å². The molecule has 0 aliphatic carbocycles. The predicted octanol–water partition coefficient (Wildman–Crippen LogP) is 3.92. The van der Waals surface area contributed by atoms with Gasteiger partial charge in [-0.2, -0.15) is 0 Å². The molecule has 4 nitrogen and oxygen atoms in total. The first kappa shape index (κ1) is 14.5. The van der Waals surface area contributed by atoms with E-state index in [4.69, 9.17) is 0 Å². The highest BCUT2D eigenvalue weighted by atomic mass is 79.9.